The van der Waals surface area contributed by atoms with Gasteiger partial charge in [-0.2, -0.15) is 8.78 Å². The third-order valence-corrected chi connectivity index (χ3v) is 3.68. The first-order valence-corrected chi connectivity index (χ1v) is 7.99. The van der Waals surface area contributed by atoms with Crippen LogP contribution in [0.5, 0.6) is 17.2 Å². The molecule has 0 unspecified atom stereocenters. The minimum absolute atomic E-state index is 0.0744. The highest BCUT2D eigenvalue weighted by Gasteiger charge is 2.12. The Labute approximate surface area is 149 Å². The molecule has 7 heteroatoms. The molecule has 1 aliphatic heterocycles. The summed E-state index contributed by atoms with van der Waals surface area (Å²) in [6.45, 7) is -2.15. The SMILES string of the molecule is O=C(/C=C/c1ccc(OC(F)F)cc1)NCCc1ccc2c(c1)OCO2. The smallest absolute Gasteiger partial charge is 0.387 e. The number of halogens is 2. The standard InChI is InChI=1S/C19H17F2NO4/c20-19(21)26-15-5-1-13(2-6-15)4-8-18(23)22-10-9-14-3-7-16-17(11-14)25-12-24-16/h1-8,11,19H,9-10,12H2,(H,22,23)/b8-4+. The Morgan fingerprint density at radius 1 is 1.15 bits per heavy atom. The number of ether oxygens (including phenoxy) is 3. The van der Waals surface area contributed by atoms with Crippen molar-refractivity contribution in [3.63, 3.8) is 0 Å². The van der Waals surface area contributed by atoms with Crippen LogP contribution in [0.4, 0.5) is 8.78 Å². The maximum Gasteiger partial charge on any atom is 0.387 e. The Morgan fingerprint density at radius 2 is 1.92 bits per heavy atom. The first-order chi connectivity index (χ1) is 12.6. The zero-order valence-corrected chi connectivity index (χ0v) is 13.8. The lowest BCUT2D eigenvalue weighted by atomic mass is 10.1. The largest absolute Gasteiger partial charge is 0.454 e. The fourth-order valence-corrected chi connectivity index (χ4v) is 2.42. The Hall–Kier alpha value is -3.09. The number of fused-ring (bicyclic) bond motifs is 1. The van der Waals surface area contributed by atoms with E-state index in [-0.39, 0.29) is 18.4 Å². The molecule has 1 aliphatic rings. The molecule has 1 heterocycles. The number of hydrogen-bond donors (Lipinski definition) is 1. The number of carbonyl (C=O) groups is 1. The minimum atomic E-state index is -2.85. The number of nitrogens with one attached hydrogen (secondary N) is 1. The van der Waals surface area contributed by atoms with Crippen LogP contribution < -0.4 is 19.5 Å². The molecule has 0 fully saturated rings. The molecule has 0 saturated carbocycles. The van der Waals surface area contributed by atoms with Gasteiger partial charge in [-0.15, -0.1) is 0 Å². The lowest BCUT2D eigenvalue weighted by molar-refractivity contribution is -0.116. The molecular weight excluding hydrogens is 344 g/mol. The number of carbonyl (C=O) groups excluding carboxylic acids is 1. The molecule has 0 spiro atoms. The highest BCUT2D eigenvalue weighted by molar-refractivity contribution is 5.91. The highest BCUT2D eigenvalue weighted by Crippen LogP contribution is 2.32. The molecule has 2 aromatic rings. The van der Waals surface area contributed by atoms with E-state index in [0.29, 0.717) is 24.3 Å². The first-order valence-electron chi connectivity index (χ1n) is 7.99. The summed E-state index contributed by atoms with van der Waals surface area (Å²) < 4.78 is 39.0. The van der Waals surface area contributed by atoms with Gasteiger partial charge in [-0.3, -0.25) is 4.79 Å². The van der Waals surface area contributed by atoms with Crippen LogP contribution in [-0.4, -0.2) is 25.9 Å². The van der Waals surface area contributed by atoms with E-state index in [1.807, 2.05) is 18.2 Å². The molecule has 0 radical (unpaired) electrons. The van der Waals surface area contributed by atoms with Crippen molar-refractivity contribution in [2.45, 2.75) is 13.0 Å². The number of benzene rings is 2. The predicted molar refractivity (Wildman–Crippen MR) is 91.4 cm³/mol. The summed E-state index contributed by atoms with van der Waals surface area (Å²) in [6, 6.07) is 11.7. The lowest BCUT2D eigenvalue weighted by Gasteiger charge is -2.05. The van der Waals surface area contributed by atoms with E-state index in [4.69, 9.17) is 9.47 Å². The third kappa shape index (κ3) is 4.95. The van der Waals surface area contributed by atoms with E-state index in [1.165, 1.54) is 18.2 Å². The van der Waals surface area contributed by atoms with Crippen molar-refractivity contribution in [1.29, 1.82) is 0 Å². The van der Waals surface area contributed by atoms with Gasteiger partial charge in [0.15, 0.2) is 11.5 Å². The van der Waals surface area contributed by atoms with Gasteiger partial charge in [-0.1, -0.05) is 18.2 Å². The molecule has 136 valence electrons. The lowest BCUT2D eigenvalue weighted by Crippen LogP contribution is -2.23. The van der Waals surface area contributed by atoms with Gasteiger partial charge in [-0.05, 0) is 47.9 Å². The van der Waals surface area contributed by atoms with E-state index >= 15 is 0 Å². The summed E-state index contributed by atoms with van der Waals surface area (Å²) >= 11 is 0. The molecule has 0 atom stereocenters. The quantitative estimate of drug-likeness (QED) is 0.768. The molecule has 0 aliphatic carbocycles. The van der Waals surface area contributed by atoms with E-state index in [2.05, 4.69) is 10.1 Å². The van der Waals surface area contributed by atoms with Crippen molar-refractivity contribution in [2.75, 3.05) is 13.3 Å². The molecule has 26 heavy (non-hydrogen) atoms. The van der Waals surface area contributed by atoms with Crippen LogP contribution in [0.2, 0.25) is 0 Å². The summed E-state index contributed by atoms with van der Waals surface area (Å²) in [5.74, 6) is 1.28. The van der Waals surface area contributed by atoms with Crippen LogP contribution in [0, 0.1) is 0 Å². The van der Waals surface area contributed by atoms with Crippen LogP contribution >= 0.6 is 0 Å². The molecule has 2 aromatic carbocycles. The van der Waals surface area contributed by atoms with Gasteiger partial charge in [0.1, 0.15) is 5.75 Å². The first kappa shape index (κ1) is 17.7. The van der Waals surface area contributed by atoms with Crippen molar-refractivity contribution in [2.24, 2.45) is 0 Å². The van der Waals surface area contributed by atoms with Crippen molar-refractivity contribution in [3.05, 3.63) is 59.7 Å². The van der Waals surface area contributed by atoms with Crippen molar-refractivity contribution in [1.82, 2.24) is 5.32 Å². The van der Waals surface area contributed by atoms with Gasteiger partial charge in [0.2, 0.25) is 12.7 Å². The monoisotopic (exact) mass is 361 g/mol. The molecular formula is C19H17F2NO4. The van der Waals surface area contributed by atoms with Crippen LogP contribution in [-0.2, 0) is 11.2 Å². The number of rotatable bonds is 7. The van der Waals surface area contributed by atoms with E-state index < -0.39 is 6.61 Å². The number of alkyl halides is 2. The Bertz CT molecular complexity index is 791. The van der Waals surface area contributed by atoms with Crippen molar-refractivity contribution in [3.8, 4) is 17.2 Å². The normalized spacial score (nSPS) is 12.6. The third-order valence-electron chi connectivity index (χ3n) is 3.68. The Balaban J connectivity index is 1.44. The van der Waals surface area contributed by atoms with Gasteiger partial charge >= 0.3 is 6.61 Å². The van der Waals surface area contributed by atoms with E-state index in [9.17, 15) is 13.6 Å². The van der Waals surface area contributed by atoms with E-state index in [1.54, 1.807) is 18.2 Å². The summed E-state index contributed by atoms with van der Waals surface area (Å²) in [6.07, 6.45) is 3.65. The summed E-state index contributed by atoms with van der Waals surface area (Å²) in [5.41, 5.74) is 1.74. The summed E-state index contributed by atoms with van der Waals surface area (Å²) in [4.78, 5) is 11.8. The van der Waals surface area contributed by atoms with Crippen molar-refractivity contribution < 1.29 is 27.8 Å². The zero-order chi connectivity index (χ0) is 18.4. The minimum Gasteiger partial charge on any atom is -0.454 e. The fourth-order valence-electron chi connectivity index (χ4n) is 2.42. The maximum atomic E-state index is 12.1. The second kappa shape index (κ2) is 8.33. The van der Waals surface area contributed by atoms with Gasteiger partial charge < -0.3 is 19.5 Å². The number of amides is 1. The van der Waals surface area contributed by atoms with E-state index in [0.717, 1.165) is 11.3 Å². The topological polar surface area (TPSA) is 56.8 Å². The van der Waals surface area contributed by atoms with Gasteiger partial charge in [0, 0.05) is 12.6 Å². The molecule has 0 bridgehead atoms. The molecule has 1 amide bonds. The van der Waals surface area contributed by atoms with Crippen molar-refractivity contribution >= 4 is 12.0 Å². The Kier molecular flexibility index (Phi) is 5.68. The molecule has 0 aromatic heterocycles. The van der Waals surface area contributed by atoms with Gasteiger partial charge in [0.25, 0.3) is 0 Å². The van der Waals surface area contributed by atoms with Crippen LogP contribution in [0.3, 0.4) is 0 Å². The molecule has 1 N–H and O–H groups in total. The number of hydrogen-bond acceptors (Lipinski definition) is 4. The van der Waals surface area contributed by atoms with Crippen LogP contribution in [0.15, 0.2) is 48.5 Å². The van der Waals surface area contributed by atoms with Gasteiger partial charge in [-0.25, -0.2) is 0 Å². The highest BCUT2D eigenvalue weighted by atomic mass is 19.3. The molecule has 5 nitrogen and oxygen atoms in total. The predicted octanol–water partition coefficient (Wildman–Crippen LogP) is 3.39. The average molecular weight is 361 g/mol. The fraction of sp³-hybridized carbons (Fsp3) is 0.211. The zero-order valence-electron chi connectivity index (χ0n) is 13.8. The summed E-state index contributed by atoms with van der Waals surface area (Å²) in [5, 5.41) is 2.78. The van der Waals surface area contributed by atoms with Crippen LogP contribution in [0.25, 0.3) is 6.08 Å². The molecule has 3 rings (SSSR count). The second-order valence-corrected chi connectivity index (χ2v) is 5.51. The Morgan fingerprint density at radius 3 is 2.69 bits per heavy atom. The maximum absolute atomic E-state index is 12.1. The average Bonchev–Trinajstić information content (AvgIpc) is 3.08. The summed E-state index contributed by atoms with van der Waals surface area (Å²) in [7, 11) is 0. The molecule has 0 saturated heterocycles. The second-order valence-electron chi connectivity index (χ2n) is 5.51. The van der Waals surface area contributed by atoms with Gasteiger partial charge in [0.05, 0.1) is 0 Å². The van der Waals surface area contributed by atoms with Crippen LogP contribution in [0.1, 0.15) is 11.1 Å².